The minimum atomic E-state index is 0.808. The molecule has 1 aromatic carbocycles. The van der Waals surface area contributed by atoms with Crippen LogP contribution in [0.4, 0.5) is 0 Å². The fourth-order valence-electron chi connectivity index (χ4n) is 1.15. The first-order valence-electron chi connectivity index (χ1n) is 4.52. The fraction of sp³-hybridized carbons (Fsp3) is 0.364. The van der Waals surface area contributed by atoms with E-state index < -0.39 is 0 Å². The molecular weight excluding hydrogens is 146 g/mol. The van der Waals surface area contributed by atoms with Crippen LogP contribution in [0.3, 0.4) is 0 Å². The third-order valence-corrected chi connectivity index (χ3v) is 1.84. The number of unbranched alkanes of at least 4 members (excludes halogenated alkanes) is 2. The van der Waals surface area contributed by atoms with E-state index in [0.29, 0.717) is 0 Å². The zero-order chi connectivity index (χ0) is 8.65. The molecule has 65 valence electrons. The molecule has 0 spiro atoms. The maximum atomic E-state index is 5.39. The number of nitrogens with two attached hydrogens (primary N) is 1. The second-order valence-corrected chi connectivity index (χ2v) is 2.90. The molecule has 1 rings (SSSR count). The molecule has 0 heterocycles. The Balaban J connectivity index is 2.16. The highest BCUT2D eigenvalue weighted by atomic mass is 14.5. The van der Waals surface area contributed by atoms with Crippen molar-refractivity contribution in [1.82, 2.24) is 0 Å². The SMILES string of the molecule is NCCCC[CH]c1ccccc1. The summed E-state index contributed by atoms with van der Waals surface area (Å²) in [7, 11) is 0. The Bertz CT molecular complexity index is 193. The van der Waals surface area contributed by atoms with Crippen molar-refractivity contribution in [3.8, 4) is 0 Å². The van der Waals surface area contributed by atoms with Crippen LogP contribution in [0.15, 0.2) is 30.3 Å². The summed E-state index contributed by atoms with van der Waals surface area (Å²) in [4.78, 5) is 0. The molecule has 12 heavy (non-hydrogen) atoms. The first-order valence-corrected chi connectivity index (χ1v) is 4.52. The van der Waals surface area contributed by atoms with Crippen LogP contribution >= 0.6 is 0 Å². The van der Waals surface area contributed by atoms with Crippen LogP contribution in [0.2, 0.25) is 0 Å². The van der Waals surface area contributed by atoms with Crippen LogP contribution in [-0.4, -0.2) is 6.54 Å². The molecule has 0 atom stereocenters. The number of rotatable bonds is 5. The molecule has 1 heteroatoms. The quantitative estimate of drug-likeness (QED) is 0.661. The monoisotopic (exact) mass is 162 g/mol. The molecule has 0 saturated heterocycles. The molecule has 1 nitrogen and oxygen atoms in total. The molecule has 0 aliphatic heterocycles. The summed E-state index contributed by atoms with van der Waals surface area (Å²) in [6, 6.07) is 10.4. The Morgan fingerprint density at radius 3 is 2.50 bits per heavy atom. The third-order valence-electron chi connectivity index (χ3n) is 1.84. The van der Waals surface area contributed by atoms with Gasteiger partial charge >= 0.3 is 0 Å². The fourth-order valence-corrected chi connectivity index (χ4v) is 1.15. The average molecular weight is 162 g/mol. The van der Waals surface area contributed by atoms with Crippen molar-refractivity contribution in [2.45, 2.75) is 19.3 Å². The number of hydrogen-bond donors (Lipinski definition) is 1. The molecule has 0 saturated carbocycles. The first kappa shape index (κ1) is 9.27. The maximum absolute atomic E-state index is 5.39. The number of hydrogen-bond acceptors (Lipinski definition) is 1. The average Bonchev–Trinajstić information content (AvgIpc) is 2.14. The van der Waals surface area contributed by atoms with Crippen LogP contribution in [0, 0.1) is 6.42 Å². The van der Waals surface area contributed by atoms with Crippen molar-refractivity contribution in [2.75, 3.05) is 6.54 Å². The van der Waals surface area contributed by atoms with Gasteiger partial charge in [-0.25, -0.2) is 0 Å². The van der Waals surface area contributed by atoms with Crippen molar-refractivity contribution in [3.05, 3.63) is 42.3 Å². The van der Waals surface area contributed by atoms with E-state index in [4.69, 9.17) is 5.73 Å². The summed E-state index contributed by atoms with van der Waals surface area (Å²) in [5.41, 5.74) is 6.71. The van der Waals surface area contributed by atoms with Gasteiger partial charge in [0.25, 0.3) is 0 Å². The Morgan fingerprint density at radius 2 is 1.83 bits per heavy atom. The van der Waals surface area contributed by atoms with Gasteiger partial charge in [-0.05, 0) is 31.4 Å². The zero-order valence-corrected chi connectivity index (χ0v) is 7.37. The third kappa shape index (κ3) is 3.54. The lowest BCUT2D eigenvalue weighted by Gasteiger charge is -1.99. The van der Waals surface area contributed by atoms with Gasteiger partial charge in [-0.1, -0.05) is 36.8 Å². The Labute approximate surface area is 74.6 Å². The van der Waals surface area contributed by atoms with E-state index in [1.807, 2.05) is 6.07 Å². The predicted octanol–water partition coefficient (Wildman–Crippen LogP) is 2.37. The van der Waals surface area contributed by atoms with Gasteiger partial charge in [0.2, 0.25) is 0 Å². The second-order valence-electron chi connectivity index (χ2n) is 2.90. The minimum Gasteiger partial charge on any atom is -0.330 e. The standard InChI is InChI=1S/C11H16N/c12-10-6-2-5-9-11-7-3-1-4-8-11/h1,3-4,7-9H,2,5-6,10,12H2. The summed E-state index contributed by atoms with van der Waals surface area (Å²) in [6.45, 7) is 0.808. The van der Waals surface area contributed by atoms with Gasteiger partial charge in [-0.15, -0.1) is 0 Å². The van der Waals surface area contributed by atoms with E-state index in [2.05, 4.69) is 30.7 Å². The van der Waals surface area contributed by atoms with E-state index in [1.54, 1.807) is 0 Å². The Kier molecular flexibility index (Phi) is 4.47. The first-order chi connectivity index (χ1) is 5.93. The highest BCUT2D eigenvalue weighted by molar-refractivity contribution is 5.21. The molecule has 0 aliphatic rings. The smallest absolute Gasteiger partial charge is 0.00773 e. The summed E-state index contributed by atoms with van der Waals surface area (Å²) in [5.74, 6) is 0. The molecule has 0 fully saturated rings. The Hall–Kier alpha value is -0.820. The van der Waals surface area contributed by atoms with E-state index >= 15 is 0 Å². The van der Waals surface area contributed by atoms with Crippen molar-refractivity contribution in [2.24, 2.45) is 5.73 Å². The molecule has 1 aromatic rings. The van der Waals surface area contributed by atoms with Gasteiger partial charge in [-0.3, -0.25) is 0 Å². The molecule has 0 aromatic heterocycles. The van der Waals surface area contributed by atoms with Crippen LogP contribution in [-0.2, 0) is 0 Å². The zero-order valence-electron chi connectivity index (χ0n) is 7.37. The summed E-state index contributed by atoms with van der Waals surface area (Å²) in [6.07, 6.45) is 5.73. The molecular formula is C11H16N. The van der Waals surface area contributed by atoms with E-state index in [9.17, 15) is 0 Å². The van der Waals surface area contributed by atoms with E-state index in [-0.39, 0.29) is 0 Å². The van der Waals surface area contributed by atoms with Crippen LogP contribution in [0.25, 0.3) is 0 Å². The van der Waals surface area contributed by atoms with Gasteiger partial charge in [-0.2, -0.15) is 0 Å². The largest absolute Gasteiger partial charge is 0.330 e. The molecule has 0 aliphatic carbocycles. The lowest BCUT2D eigenvalue weighted by molar-refractivity contribution is 0.742. The van der Waals surface area contributed by atoms with Gasteiger partial charge < -0.3 is 5.73 Å². The molecule has 0 unspecified atom stereocenters. The van der Waals surface area contributed by atoms with E-state index in [1.165, 1.54) is 12.0 Å². The highest BCUT2D eigenvalue weighted by Crippen LogP contribution is 2.07. The lowest BCUT2D eigenvalue weighted by atomic mass is 10.1. The Morgan fingerprint density at radius 1 is 1.08 bits per heavy atom. The summed E-state index contributed by atoms with van der Waals surface area (Å²) < 4.78 is 0. The summed E-state index contributed by atoms with van der Waals surface area (Å²) in [5, 5.41) is 0. The second kappa shape index (κ2) is 5.78. The normalized spacial score (nSPS) is 10.1. The molecule has 2 N–H and O–H groups in total. The number of benzene rings is 1. The van der Waals surface area contributed by atoms with Gasteiger partial charge in [0, 0.05) is 0 Å². The minimum absolute atomic E-state index is 0.808. The lowest BCUT2D eigenvalue weighted by Crippen LogP contribution is -1.97. The van der Waals surface area contributed by atoms with Crippen molar-refractivity contribution < 1.29 is 0 Å². The van der Waals surface area contributed by atoms with E-state index in [0.717, 1.165) is 19.4 Å². The van der Waals surface area contributed by atoms with Crippen LogP contribution in [0.1, 0.15) is 24.8 Å². The van der Waals surface area contributed by atoms with Gasteiger partial charge in [0.15, 0.2) is 0 Å². The topological polar surface area (TPSA) is 26.0 Å². The molecule has 1 radical (unpaired) electrons. The summed E-state index contributed by atoms with van der Waals surface area (Å²) >= 11 is 0. The predicted molar refractivity (Wildman–Crippen MR) is 52.7 cm³/mol. The highest BCUT2D eigenvalue weighted by Gasteiger charge is 1.91. The maximum Gasteiger partial charge on any atom is -0.00773 e. The molecule has 0 amide bonds. The van der Waals surface area contributed by atoms with Gasteiger partial charge in [0.05, 0.1) is 0 Å². The van der Waals surface area contributed by atoms with Crippen LogP contribution in [0.5, 0.6) is 0 Å². The van der Waals surface area contributed by atoms with Crippen molar-refractivity contribution in [1.29, 1.82) is 0 Å². The van der Waals surface area contributed by atoms with Crippen molar-refractivity contribution >= 4 is 0 Å². The van der Waals surface area contributed by atoms with Gasteiger partial charge in [0.1, 0.15) is 0 Å². The molecule has 0 bridgehead atoms. The van der Waals surface area contributed by atoms with Crippen molar-refractivity contribution in [3.63, 3.8) is 0 Å². The van der Waals surface area contributed by atoms with Crippen LogP contribution < -0.4 is 5.73 Å².